The van der Waals surface area contributed by atoms with E-state index in [0.29, 0.717) is 28.6 Å². The molecular formula is C22H24ClN3O3. The van der Waals surface area contributed by atoms with E-state index in [4.69, 9.17) is 21.1 Å². The van der Waals surface area contributed by atoms with Gasteiger partial charge in [-0.2, -0.15) is 5.10 Å². The minimum atomic E-state index is -0.128. The van der Waals surface area contributed by atoms with E-state index in [9.17, 15) is 4.79 Å². The number of nitrogens with one attached hydrogen (secondary N) is 1. The summed E-state index contributed by atoms with van der Waals surface area (Å²) in [6, 6.07) is 12.4. The van der Waals surface area contributed by atoms with Crippen LogP contribution in [0.5, 0.6) is 11.5 Å². The van der Waals surface area contributed by atoms with Crippen molar-refractivity contribution < 1.29 is 14.3 Å². The maximum absolute atomic E-state index is 12.5. The summed E-state index contributed by atoms with van der Waals surface area (Å²) < 4.78 is 13.1. The number of carbonyl (C=O) groups is 1. The lowest BCUT2D eigenvalue weighted by Crippen LogP contribution is -2.25. The summed E-state index contributed by atoms with van der Waals surface area (Å²) in [7, 11) is 1.60. The number of carbonyl (C=O) groups excluding carboxylic acids is 1. The van der Waals surface area contributed by atoms with Gasteiger partial charge in [0.25, 0.3) is 5.91 Å². The molecule has 1 aromatic heterocycles. The third kappa shape index (κ3) is 5.99. The first-order chi connectivity index (χ1) is 14.0. The van der Waals surface area contributed by atoms with Crippen molar-refractivity contribution in [2.45, 2.75) is 26.5 Å². The highest BCUT2D eigenvalue weighted by Crippen LogP contribution is 2.23. The molecule has 1 amide bonds. The van der Waals surface area contributed by atoms with Gasteiger partial charge in [0.15, 0.2) is 0 Å². The molecule has 7 heteroatoms. The molecule has 0 fully saturated rings. The zero-order valence-electron chi connectivity index (χ0n) is 16.5. The first kappa shape index (κ1) is 20.7. The van der Waals surface area contributed by atoms with Gasteiger partial charge in [0, 0.05) is 35.4 Å². The number of hydrogen-bond acceptors (Lipinski definition) is 4. The van der Waals surface area contributed by atoms with E-state index in [1.807, 2.05) is 24.0 Å². The van der Waals surface area contributed by atoms with Gasteiger partial charge in [-0.3, -0.25) is 9.48 Å². The summed E-state index contributed by atoms with van der Waals surface area (Å²) in [6.07, 6.45) is 4.61. The molecule has 152 valence electrons. The lowest BCUT2D eigenvalue weighted by atomic mass is 10.1. The normalized spacial score (nSPS) is 10.6. The number of hydrogen-bond donors (Lipinski definition) is 1. The molecular weight excluding hydrogens is 390 g/mol. The summed E-state index contributed by atoms with van der Waals surface area (Å²) in [4.78, 5) is 12.5. The Bertz CT molecular complexity index is 954. The van der Waals surface area contributed by atoms with E-state index in [1.54, 1.807) is 49.6 Å². The minimum Gasteiger partial charge on any atom is -0.496 e. The zero-order valence-corrected chi connectivity index (χ0v) is 17.3. The summed E-state index contributed by atoms with van der Waals surface area (Å²) in [6.45, 7) is 3.62. The molecule has 2 aromatic carbocycles. The van der Waals surface area contributed by atoms with E-state index in [1.165, 1.54) is 0 Å². The van der Waals surface area contributed by atoms with Crippen LogP contribution in [0, 0.1) is 6.92 Å². The number of aryl methyl sites for hydroxylation is 2. The number of ether oxygens (including phenoxy) is 2. The van der Waals surface area contributed by atoms with Crippen molar-refractivity contribution in [3.8, 4) is 11.5 Å². The molecule has 1 N–H and O–H groups in total. The number of aromatic nitrogens is 2. The van der Waals surface area contributed by atoms with Gasteiger partial charge in [-0.15, -0.1) is 0 Å². The Hall–Kier alpha value is -2.99. The van der Waals surface area contributed by atoms with Crippen molar-refractivity contribution in [2.24, 2.45) is 0 Å². The van der Waals surface area contributed by atoms with Gasteiger partial charge in [0.2, 0.25) is 0 Å². The maximum Gasteiger partial charge on any atom is 0.251 e. The highest BCUT2D eigenvalue weighted by atomic mass is 35.5. The van der Waals surface area contributed by atoms with Crippen LogP contribution in [0.25, 0.3) is 0 Å². The van der Waals surface area contributed by atoms with Crippen LogP contribution < -0.4 is 14.8 Å². The first-order valence-electron chi connectivity index (χ1n) is 9.37. The molecule has 0 spiro atoms. The van der Waals surface area contributed by atoms with Crippen LogP contribution in [0.15, 0.2) is 54.9 Å². The maximum atomic E-state index is 12.5. The number of benzene rings is 2. The van der Waals surface area contributed by atoms with E-state index in [2.05, 4.69) is 10.4 Å². The van der Waals surface area contributed by atoms with E-state index in [-0.39, 0.29) is 12.5 Å². The molecule has 0 saturated carbocycles. The Balaban J connectivity index is 1.56. The van der Waals surface area contributed by atoms with Crippen LogP contribution >= 0.6 is 11.6 Å². The van der Waals surface area contributed by atoms with E-state index in [0.717, 1.165) is 24.1 Å². The van der Waals surface area contributed by atoms with Crippen LogP contribution in [0.1, 0.15) is 27.9 Å². The van der Waals surface area contributed by atoms with Crippen molar-refractivity contribution in [1.82, 2.24) is 15.1 Å². The molecule has 0 atom stereocenters. The van der Waals surface area contributed by atoms with Gasteiger partial charge < -0.3 is 14.8 Å². The molecule has 0 aliphatic heterocycles. The van der Waals surface area contributed by atoms with Gasteiger partial charge in [-0.05, 0) is 61.4 Å². The van der Waals surface area contributed by atoms with Crippen molar-refractivity contribution >= 4 is 17.5 Å². The summed E-state index contributed by atoms with van der Waals surface area (Å²) >= 11 is 5.90. The van der Waals surface area contributed by atoms with Gasteiger partial charge >= 0.3 is 0 Å². The fraction of sp³-hybridized carbons (Fsp3) is 0.273. The number of nitrogens with zero attached hydrogens (tertiary/aromatic N) is 2. The standard InChI is InChI=1S/C22H24ClN3O3/c1-16-13-25-26(14-16)11-3-10-24-22(27)17-4-9-21(28-2)18(12-17)15-29-20-7-5-19(23)6-8-20/h4-9,12-14H,3,10-11,15H2,1-2H3,(H,24,27). The van der Waals surface area contributed by atoms with E-state index >= 15 is 0 Å². The van der Waals surface area contributed by atoms with E-state index < -0.39 is 0 Å². The molecule has 3 aromatic rings. The first-order valence-corrected chi connectivity index (χ1v) is 9.75. The number of rotatable bonds is 9. The molecule has 0 unspecified atom stereocenters. The summed E-state index contributed by atoms with van der Waals surface area (Å²) in [5.74, 6) is 1.24. The number of halogens is 1. The highest BCUT2D eigenvalue weighted by molar-refractivity contribution is 6.30. The zero-order chi connectivity index (χ0) is 20.6. The topological polar surface area (TPSA) is 65.4 Å². The predicted molar refractivity (Wildman–Crippen MR) is 113 cm³/mol. The molecule has 0 radical (unpaired) electrons. The van der Waals surface area contributed by atoms with Crippen molar-refractivity contribution in [1.29, 1.82) is 0 Å². The molecule has 0 saturated heterocycles. The van der Waals surface area contributed by atoms with Crippen LogP contribution in [0.4, 0.5) is 0 Å². The Kier molecular flexibility index (Phi) is 7.14. The van der Waals surface area contributed by atoms with Gasteiger partial charge in [-0.1, -0.05) is 11.6 Å². The Morgan fingerprint density at radius 1 is 1.21 bits per heavy atom. The van der Waals surface area contributed by atoms with Crippen LogP contribution in [-0.2, 0) is 13.2 Å². The lowest BCUT2D eigenvalue weighted by molar-refractivity contribution is 0.0952. The smallest absolute Gasteiger partial charge is 0.251 e. The molecule has 0 bridgehead atoms. The quantitative estimate of drug-likeness (QED) is 0.532. The molecule has 6 nitrogen and oxygen atoms in total. The van der Waals surface area contributed by atoms with Gasteiger partial charge in [-0.25, -0.2) is 0 Å². The van der Waals surface area contributed by atoms with Gasteiger partial charge in [0.1, 0.15) is 18.1 Å². The largest absolute Gasteiger partial charge is 0.496 e. The third-order valence-electron chi connectivity index (χ3n) is 4.36. The molecule has 3 rings (SSSR count). The molecule has 29 heavy (non-hydrogen) atoms. The Morgan fingerprint density at radius 2 is 2.00 bits per heavy atom. The predicted octanol–water partition coefficient (Wildman–Crippen LogP) is 4.25. The van der Waals surface area contributed by atoms with Crippen molar-refractivity contribution in [3.63, 3.8) is 0 Å². The summed E-state index contributed by atoms with van der Waals surface area (Å²) in [5.41, 5.74) is 2.48. The fourth-order valence-electron chi connectivity index (χ4n) is 2.86. The molecule has 0 aliphatic carbocycles. The second-order valence-electron chi connectivity index (χ2n) is 6.66. The van der Waals surface area contributed by atoms with Crippen LogP contribution in [0.3, 0.4) is 0 Å². The monoisotopic (exact) mass is 413 g/mol. The van der Waals surface area contributed by atoms with Gasteiger partial charge in [0.05, 0.1) is 13.3 Å². The lowest BCUT2D eigenvalue weighted by Gasteiger charge is -2.12. The SMILES string of the molecule is COc1ccc(C(=O)NCCCn2cc(C)cn2)cc1COc1ccc(Cl)cc1. The number of methoxy groups -OCH3 is 1. The second kappa shape index (κ2) is 9.98. The van der Waals surface area contributed by atoms with Crippen molar-refractivity contribution in [2.75, 3.05) is 13.7 Å². The average Bonchev–Trinajstić information content (AvgIpc) is 3.15. The van der Waals surface area contributed by atoms with Crippen LogP contribution in [-0.4, -0.2) is 29.3 Å². The summed E-state index contributed by atoms with van der Waals surface area (Å²) in [5, 5.41) is 7.83. The van der Waals surface area contributed by atoms with Crippen molar-refractivity contribution in [3.05, 3.63) is 76.6 Å². The highest BCUT2D eigenvalue weighted by Gasteiger charge is 2.11. The Labute approximate surface area is 175 Å². The minimum absolute atomic E-state index is 0.128. The fourth-order valence-corrected chi connectivity index (χ4v) is 2.98. The third-order valence-corrected chi connectivity index (χ3v) is 4.61. The molecule has 1 heterocycles. The molecule has 0 aliphatic rings. The number of amides is 1. The average molecular weight is 414 g/mol. The Morgan fingerprint density at radius 3 is 2.69 bits per heavy atom. The second-order valence-corrected chi connectivity index (χ2v) is 7.10. The van der Waals surface area contributed by atoms with Crippen LogP contribution in [0.2, 0.25) is 5.02 Å².